The minimum atomic E-state index is 0.315. The lowest BCUT2D eigenvalue weighted by atomic mass is 10.0. The molecule has 1 rings (SSSR count). The fraction of sp³-hybridized carbons (Fsp3) is 0.500. The van der Waals surface area contributed by atoms with Gasteiger partial charge in [0.1, 0.15) is 0 Å². The standard InChI is InChI=1S/C12H18ClN/c1-3-11(14)7-6-10-5-4-9(2)12(13)8-10/h4-5,8,11H,3,6-7,14H2,1-2H3. The van der Waals surface area contributed by atoms with Crippen molar-refractivity contribution in [2.45, 2.75) is 39.2 Å². The third kappa shape index (κ3) is 3.32. The van der Waals surface area contributed by atoms with Crippen molar-refractivity contribution in [2.75, 3.05) is 0 Å². The van der Waals surface area contributed by atoms with Gasteiger partial charge in [-0.3, -0.25) is 0 Å². The zero-order chi connectivity index (χ0) is 10.6. The third-order valence-corrected chi connectivity index (χ3v) is 2.97. The van der Waals surface area contributed by atoms with Crippen LogP contribution in [0, 0.1) is 6.92 Å². The molecule has 0 spiro atoms. The Hall–Kier alpha value is -0.530. The molecule has 1 nitrogen and oxygen atoms in total. The molecule has 1 aromatic carbocycles. The predicted octanol–water partition coefficient (Wildman–Crippen LogP) is 3.32. The van der Waals surface area contributed by atoms with E-state index < -0.39 is 0 Å². The van der Waals surface area contributed by atoms with Crippen LogP contribution in [0.25, 0.3) is 0 Å². The molecule has 0 fully saturated rings. The Morgan fingerprint density at radius 1 is 1.43 bits per heavy atom. The first kappa shape index (κ1) is 11.5. The van der Waals surface area contributed by atoms with E-state index in [1.807, 2.05) is 13.0 Å². The number of rotatable bonds is 4. The highest BCUT2D eigenvalue weighted by atomic mass is 35.5. The maximum absolute atomic E-state index is 6.03. The maximum Gasteiger partial charge on any atom is 0.0437 e. The van der Waals surface area contributed by atoms with Gasteiger partial charge in [-0.05, 0) is 43.4 Å². The van der Waals surface area contributed by atoms with Gasteiger partial charge in [-0.2, -0.15) is 0 Å². The minimum Gasteiger partial charge on any atom is -0.328 e. The fourth-order valence-electron chi connectivity index (χ4n) is 1.35. The average Bonchev–Trinajstić information content (AvgIpc) is 2.19. The Kier molecular flexibility index (Phi) is 4.43. The van der Waals surface area contributed by atoms with Crippen LogP contribution >= 0.6 is 11.6 Å². The molecule has 2 N–H and O–H groups in total. The molecule has 1 atom stereocenters. The van der Waals surface area contributed by atoms with Crippen molar-refractivity contribution < 1.29 is 0 Å². The van der Waals surface area contributed by atoms with Gasteiger partial charge in [0.2, 0.25) is 0 Å². The number of hydrogen-bond acceptors (Lipinski definition) is 1. The van der Waals surface area contributed by atoms with Crippen molar-refractivity contribution >= 4 is 11.6 Å². The molecule has 0 amide bonds. The molecule has 0 aliphatic carbocycles. The molecule has 0 saturated heterocycles. The second kappa shape index (κ2) is 5.38. The SMILES string of the molecule is CCC(N)CCc1ccc(C)c(Cl)c1. The summed E-state index contributed by atoms with van der Waals surface area (Å²) in [7, 11) is 0. The van der Waals surface area contributed by atoms with Crippen LogP contribution in [0.3, 0.4) is 0 Å². The number of aryl methyl sites for hydroxylation is 2. The largest absolute Gasteiger partial charge is 0.328 e. The van der Waals surface area contributed by atoms with Crippen molar-refractivity contribution in [1.29, 1.82) is 0 Å². The van der Waals surface area contributed by atoms with Crippen molar-refractivity contribution in [2.24, 2.45) is 5.73 Å². The van der Waals surface area contributed by atoms with Gasteiger partial charge >= 0.3 is 0 Å². The van der Waals surface area contributed by atoms with Crippen molar-refractivity contribution in [1.82, 2.24) is 0 Å². The number of hydrogen-bond donors (Lipinski definition) is 1. The Morgan fingerprint density at radius 3 is 2.71 bits per heavy atom. The fourth-order valence-corrected chi connectivity index (χ4v) is 1.55. The summed E-state index contributed by atoms with van der Waals surface area (Å²) in [5.74, 6) is 0. The second-order valence-electron chi connectivity index (χ2n) is 3.79. The summed E-state index contributed by atoms with van der Waals surface area (Å²) in [6.07, 6.45) is 3.10. The molecule has 0 heterocycles. The van der Waals surface area contributed by atoms with Crippen molar-refractivity contribution in [3.8, 4) is 0 Å². The van der Waals surface area contributed by atoms with E-state index in [0.717, 1.165) is 29.8 Å². The molecule has 1 unspecified atom stereocenters. The lowest BCUT2D eigenvalue weighted by Crippen LogP contribution is -2.19. The molecule has 14 heavy (non-hydrogen) atoms. The molecule has 0 bridgehead atoms. The van der Waals surface area contributed by atoms with Crippen LogP contribution in [-0.2, 0) is 6.42 Å². The predicted molar refractivity (Wildman–Crippen MR) is 62.8 cm³/mol. The molecule has 2 heteroatoms. The number of benzene rings is 1. The summed E-state index contributed by atoms with van der Waals surface area (Å²) in [6, 6.07) is 6.55. The van der Waals surface area contributed by atoms with Crippen LogP contribution in [0.5, 0.6) is 0 Å². The van der Waals surface area contributed by atoms with E-state index in [0.29, 0.717) is 6.04 Å². The van der Waals surface area contributed by atoms with E-state index >= 15 is 0 Å². The van der Waals surface area contributed by atoms with Gasteiger partial charge in [0.25, 0.3) is 0 Å². The first-order valence-electron chi connectivity index (χ1n) is 5.14. The molecule has 78 valence electrons. The van der Waals surface area contributed by atoms with E-state index in [1.165, 1.54) is 5.56 Å². The van der Waals surface area contributed by atoms with Crippen LogP contribution in [0.15, 0.2) is 18.2 Å². The minimum absolute atomic E-state index is 0.315. The Balaban J connectivity index is 2.55. The highest BCUT2D eigenvalue weighted by Crippen LogP contribution is 2.17. The summed E-state index contributed by atoms with van der Waals surface area (Å²) in [4.78, 5) is 0. The van der Waals surface area contributed by atoms with Crippen LogP contribution in [0.4, 0.5) is 0 Å². The van der Waals surface area contributed by atoms with Gasteiger partial charge in [-0.15, -0.1) is 0 Å². The Bertz CT molecular complexity index is 296. The average molecular weight is 212 g/mol. The molecular weight excluding hydrogens is 194 g/mol. The van der Waals surface area contributed by atoms with Crippen molar-refractivity contribution in [3.05, 3.63) is 34.3 Å². The van der Waals surface area contributed by atoms with E-state index in [9.17, 15) is 0 Å². The second-order valence-corrected chi connectivity index (χ2v) is 4.20. The van der Waals surface area contributed by atoms with Gasteiger partial charge in [-0.1, -0.05) is 30.7 Å². The number of nitrogens with two attached hydrogens (primary N) is 1. The van der Waals surface area contributed by atoms with Crippen LogP contribution in [0.2, 0.25) is 5.02 Å². The smallest absolute Gasteiger partial charge is 0.0437 e. The highest BCUT2D eigenvalue weighted by Gasteiger charge is 2.01. The topological polar surface area (TPSA) is 26.0 Å². The van der Waals surface area contributed by atoms with E-state index in [2.05, 4.69) is 19.1 Å². The molecule has 0 radical (unpaired) electrons. The molecule has 1 aromatic rings. The van der Waals surface area contributed by atoms with Crippen LogP contribution in [-0.4, -0.2) is 6.04 Å². The Morgan fingerprint density at radius 2 is 2.14 bits per heavy atom. The monoisotopic (exact) mass is 211 g/mol. The van der Waals surface area contributed by atoms with E-state index in [4.69, 9.17) is 17.3 Å². The maximum atomic E-state index is 6.03. The normalized spacial score (nSPS) is 12.9. The van der Waals surface area contributed by atoms with Gasteiger partial charge < -0.3 is 5.73 Å². The molecule has 0 saturated carbocycles. The summed E-state index contributed by atoms with van der Waals surface area (Å²) in [6.45, 7) is 4.14. The highest BCUT2D eigenvalue weighted by molar-refractivity contribution is 6.31. The first-order valence-corrected chi connectivity index (χ1v) is 5.52. The quantitative estimate of drug-likeness (QED) is 0.813. The summed E-state index contributed by atoms with van der Waals surface area (Å²) in [5.41, 5.74) is 8.27. The van der Waals surface area contributed by atoms with E-state index in [1.54, 1.807) is 0 Å². The van der Waals surface area contributed by atoms with Crippen LogP contribution in [0.1, 0.15) is 30.9 Å². The van der Waals surface area contributed by atoms with Crippen molar-refractivity contribution in [3.63, 3.8) is 0 Å². The van der Waals surface area contributed by atoms with E-state index in [-0.39, 0.29) is 0 Å². The zero-order valence-corrected chi connectivity index (χ0v) is 9.64. The van der Waals surface area contributed by atoms with Gasteiger partial charge in [0.05, 0.1) is 0 Å². The zero-order valence-electron chi connectivity index (χ0n) is 8.89. The molecule has 0 aromatic heterocycles. The first-order chi connectivity index (χ1) is 6.63. The third-order valence-electron chi connectivity index (χ3n) is 2.56. The molecule has 0 aliphatic rings. The van der Waals surface area contributed by atoms with Crippen LogP contribution < -0.4 is 5.73 Å². The lowest BCUT2D eigenvalue weighted by molar-refractivity contribution is 0.596. The van der Waals surface area contributed by atoms with Gasteiger partial charge in [-0.25, -0.2) is 0 Å². The van der Waals surface area contributed by atoms with Gasteiger partial charge in [0.15, 0.2) is 0 Å². The summed E-state index contributed by atoms with van der Waals surface area (Å²) >= 11 is 6.03. The lowest BCUT2D eigenvalue weighted by Gasteiger charge is -2.08. The summed E-state index contributed by atoms with van der Waals surface area (Å²) < 4.78 is 0. The number of halogens is 1. The van der Waals surface area contributed by atoms with Gasteiger partial charge in [0, 0.05) is 11.1 Å². The molecular formula is C12H18ClN. The summed E-state index contributed by atoms with van der Waals surface area (Å²) in [5, 5.41) is 0.854. The Labute approximate surface area is 91.3 Å². The molecule has 0 aliphatic heterocycles.